The lowest BCUT2D eigenvalue weighted by atomic mass is 9.80. The van der Waals surface area contributed by atoms with Gasteiger partial charge in [-0.25, -0.2) is 23.4 Å². The van der Waals surface area contributed by atoms with Crippen LogP contribution in [0.4, 0.5) is 8.78 Å². The third kappa shape index (κ3) is 5.22. The maximum Gasteiger partial charge on any atom is 0.337 e. The van der Waals surface area contributed by atoms with E-state index in [1.54, 1.807) is 25.6 Å². The lowest BCUT2D eigenvalue weighted by Crippen LogP contribution is -2.33. The summed E-state index contributed by atoms with van der Waals surface area (Å²) in [6.45, 7) is 3.12. The molecule has 1 aromatic carbocycles. The van der Waals surface area contributed by atoms with Crippen molar-refractivity contribution >= 4 is 11.9 Å². The number of aliphatic carboxylic acids is 1. The SMILES string of the molecule is CC1=C(C(=O)O)C(c2cc(F)ccc2F)C(C(=O)OC2CCCC2)=C(C)N1.c1c[nH]cn1. The average molecular weight is 445 g/mol. The fourth-order valence-electron chi connectivity index (χ4n) is 4.03. The monoisotopic (exact) mass is 445 g/mol. The minimum Gasteiger partial charge on any atom is -0.478 e. The highest BCUT2D eigenvalue weighted by atomic mass is 19.1. The van der Waals surface area contributed by atoms with E-state index >= 15 is 0 Å². The molecule has 1 fully saturated rings. The van der Waals surface area contributed by atoms with Crippen LogP contribution in [0.25, 0.3) is 0 Å². The van der Waals surface area contributed by atoms with Crippen LogP contribution in [0, 0.1) is 11.6 Å². The molecule has 3 N–H and O–H groups in total. The number of carbonyl (C=O) groups is 2. The molecule has 2 aliphatic rings. The lowest BCUT2D eigenvalue weighted by Gasteiger charge is -2.30. The van der Waals surface area contributed by atoms with Crippen molar-refractivity contribution in [3.8, 4) is 0 Å². The van der Waals surface area contributed by atoms with Crippen LogP contribution < -0.4 is 5.32 Å². The predicted octanol–water partition coefficient (Wildman–Crippen LogP) is 4.18. The van der Waals surface area contributed by atoms with Crippen molar-refractivity contribution in [3.63, 3.8) is 0 Å². The summed E-state index contributed by atoms with van der Waals surface area (Å²) in [7, 11) is 0. The largest absolute Gasteiger partial charge is 0.478 e. The first-order valence-electron chi connectivity index (χ1n) is 10.3. The van der Waals surface area contributed by atoms with Gasteiger partial charge < -0.3 is 20.1 Å². The second kappa shape index (κ2) is 10.2. The van der Waals surface area contributed by atoms with E-state index in [0.717, 1.165) is 43.9 Å². The number of hydrogen-bond donors (Lipinski definition) is 3. The zero-order chi connectivity index (χ0) is 23.3. The van der Waals surface area contributed by atoms with Gasteiger partial charge in [0.05, 0.1) is 23.4 Å². The summed E-state index contributed by atoms with van der Waals surface area (Å²) in [6.07, 6.45) is 8.23. The molecule has 1 aliphatic carbocycles. The Hall–Kier alpha value is -3.49. The Kier molecular flexibility index (Phi) is 7.40. The third-order valence-electron chi connectivity index (χ3n) is 5.46. The fraction of sp³-hybridized carbons (Fsp3) is 0.348. The van der Waals surface area contributed by atoms with Gasteiger partial charge in [0.1, 0.15) is 17.7 Å². The molecule has 7 nitrogen and oxygen atoms in total. The number of nitrogens with one attached hydrogen (secondary N) is 2. The summed E-state index contributed by atoms with van der Waals surface area (Å²) in [4.78, 5) is 31.2. The fourth-order valence-corrected chi connectivity index (χ4v) is 4.03. The number of aromatic nitrogens is 2. The Bertz CT molecular complexity index is 1020. The molecule has 1 aromatic heterocycles. The quantitative estimate of drug-likeness (QED) is 0.610. The maximum absolute atomic E-state index is 14.5. The number of halogens is 2. The van der Waals surface area contributed by atoms with E-state index in [2.05, 4.69) is 15.3 Å². The van der Waals surface area contributed by atoms with E-state index in [1.807, 2.05) is 0 Å². The Morgan fingerprint density at radius 1 is 1.12 bits per heavy atom. The van der Waals surface area contributed by atoms with Gasteiger partial charge in [-0.1, -0.05) is 0 Å². The highest BCUT2D eigenvalue weighted by Gasteiger charge is 2.39. The van der Waals surface area contributed by atoms with Crippen LogP contribution in [-0.2, 0) is 14.3 Å². The Morgan fingerprint density at radius 2 is 1.81 bits per heavy atom. The minimum atomic E-state index is -1.31. The molecule has 170 valence electrons. The first kappa shape index (κ1) is 23.2. The molecule has 1 aliphatic heterocycles. The molecule has 2 heterocycles. The van der Waals surface area contributed by atoms with E-state index in [0.29, 0.717) is 5.70 Å². The highest BCUT2D eigenvalue weighted by Crippen LogP contribution is 2.40. The highest BCUT2D eigenvalue weighted by molar-refractivity contribution is 5.99. The third-order valence-corrected chi connectivity index (χ3v) is 5.46. The van der Waals surface area contributed by atoms with E-state index < -0.39 is 29.5 Å². The number of allylic oxidation sites excluding steroid dienone is 2. The summed E-state index contributed by atoms with van der Waals surface area (Å²) in [5.41, 5.74) is 0.226. The van der Waals surface area contributed by atoms with Crippen LogP contribution in [0.15, 0.2) is 59.5 Å². The topological polar surface area (TPSA) is 104 Å². The van der Waals surface area contributed by atoms with Crippen molar-refractivity contribution in [3.05, 3.63) is 76.7 Å². The molecule has 0 amide bonds. The Labute approximate surface area is 184 Å². The van der Waals surface area contributed by atoms with Gasteiger partial charge in [0.25, 0.3) is 0 Å². The number of hydrogen-bond acceptors (Lipinski definition) is 5. The first-order chi connectivity index (χ1) is 15.3. The van der Waals surface area contributed by atoms with Crippen LogP contribution >= 0.6 is 0 Å². The molecule has 0 bridgehead atoms. The maximum atomic E-state index is 14.5. The van der Waals surface area contributed by atoms with E-state index in [9.17, 15) is 23.5 Å². The number of carboxylic acids is 1. The number of nitrogens with zero attached hydrogens (tertiary/aromatic N) is 1. The zero-order valence-electron chi connectivity index (χ0n) is 17.8. The molecule has 0 spiro atoms. The van der Waals surface area contributed by atoms with Gasteiger partial charge in [-0.3, -0.25) is 0 Å². The number of carboxylic acid groups (broad SMARTS) is 1. The second-order valence-corrected chi connectivity index (χ2v) is 7.68. The normalized spacial score (nSPS) is 18.7. The zero-order valence-corrected chi connectivity index (χ0v) is 17.8. The number of ether oxygens (including phenoxy) is 1. The average Bonchev–Trinajstić information content (AvgIpc) is 3.45. The summed E-state index contributed by atoms with van der Waals surface area (Å²) in [5.74, 6) is -4.77. The summed E-state index contributed by atoms with van der Waals surface area (Å²) in [5, 5.41) is 12.5. The summed E-state index contributed by atoms with van der Waals surface area (Å²) >= 11 is 0. The van der Waals surface area contributed by atoms with Gasteiger partial charge in [0.2, 0.25) is 0 Å². The molecule has 0 saturated heterocycles. The van der Waals surface area contributed by atoms with Crippen LogP contribution in [0.5, 0.6) is 0 Å². The van der Waals surface area contributed by atoms with E-state index in [1.165, 1.54) is 6.92 Å². The van der Waals surface area contributed by atoms with Crippen LogP contribution in [0.3, 0.4) is 0 Å². The van der Waals surface area contributed by atoms with Crippen molar-refractivity contribution in [2.75, 3.05) is 0 Å². The standard InChI is InChI=1S/C20H21F2NO4.C3H4N2/c1-10-16(19(24)25)18(14-9-12(21)7-8-15(14)22)17(11(2)23-10)20(26)27-13-5-3-4-6-13;1-2-5-3-4-1/h7-9,13,18,23H,3-6H2,1-2H3,(H,24,25);1-3H,(H,4,5). The molecule has 4 rings (SSSR count). The smallest absolute Gasteiger partial charge is 0.337 e. The van der Waals surface area contributed by atoms with Crippen molar-refractivity contribution in [2.45, 2.75) is 51.6 Å². The van der Waals surface area contributed by atoms with Gasteiger partial charge in [-0.15, -0.1) is 0 Å². The van der Waals surface area contributed by atoms with Crippen LogP contribution in [-0.4, -0.2) is 33.1 Å². The molecule has 1 saturated carbocycles. The van der Waals surface area contributed by atoms with Gasteiger partial charge in [0.15, 0.2) is 0 Å². The minimum absolute atomic E-state index is 0.00519. The lowest BCUT2D eigenvalue weighted by molar-refractivity contribution is -0.144. The number of aromatic amines is 1. The molecule has 2 aromatic rings. The van der Waals surface area contributed by atoms with Crippen molar-refractivity contribution in [1.29, 1.82) is 0 Å². The van der Waals surface area contributed by atoms with Crippen LogP contribution in [0.2, 0.25) is 0 Å². The number of H-pyrrole nitrogens is 1. The number of imidazole rings is 1. The number of dihydropyridines is 1. The number of benzene rings is 1. The first-order valence-corrected chi connectivity index (χ1v) is 10.3. The molecular formula is C23H25F2N3O4. The van der Waals surface area contributed by atoms with Crippen molar-refractivity contribution < 1.29 is 28.2 Å². The Morgan fingerprint density at radius 3 is 2.38 bits per heavy atom. The van der Waals surface area contributed by atoms with Gasteiger partial charge in [0, 0.05) is 29.4 Å². The molecule has 32 heavy (non-hydrogen) atoms. The Balaban J connectivity index is 0.000000509. The molecule has 0 radical (unpaired) electrons. The van der Waals surface area contributed by atoms with E-state index in [4.69, 9.17) is 4.74 Å². The summed E-state index contributed by atoms with van der Waals surface area (Å²) in [6, 6.07) is 2.80. The molecule has 1 atom stereocenters. The van der Waals surface area contributed by atoms with Gasteiger partial charge >= 0.3 is 11.9 Å². The van der Waals surface area contributed by atoms with E-state index in [-0.39, 0.29) is 28.5 Å². The number of esters is 1. The molecule has 9 heteroatoms. The summed E-state index contributed by atoms with van der Waals surface area (Å²) < 4.78 is 33.8. The predicted molar refractivity (Wildman–Crippen MR) is 112 cm³/mol. The molecule has 1 unspecified atom stereocenters. The number of carbonyl (C=O) groups excluding carboxylic acids is 1. The van der Waals surface area contributed by atoms with Crippen LogP contribution in [0.1, 0.15) is 51.0 Å². The second-order valence-electron chi connectivity index (χ2n) is 7.68. The number of rotatable bonds is 4. The van der Waals surface area contributed by atoms with Gasteiger partial charge in [-0.2, -0.15) is 0 Å². The van der Waals surface area contributed by atoms with Crippen molar-refractivity contribution in [2.24, 2.45) is 0 Å². The van der Waals surface area contributed by atoms with Crippen molar-refractivity contribution in [1.82, 2.24) is 15.3 Å². The van der Waals surface area contributed by atoms with Gasteiger partial charge in [-0.05, 0) is 57.7 Å². The molecular weight excluding hydrogens is 420 g/mol.